The summed E-state index contributed by atoms with van der Waals surface area (Å²) < 4.78 is 15.9. The van der Waals surface area contributed by atoms with E-state index in [9.17, 15) is 9.59 Å². The van der Waals surface area contributed by atoms with Crippen molar-refractivity contribution in [3.63, 3.8) is 0 Å². The van der Waals surface area contributed by atoms with Crippen molar-refractivity contribution in [2.24, 2.45) is 5.41 Å². The van der Waals surface area contributed by atoms with Crippen LogP contribution in [0, 0.1) is 26.2 Å². The molecule has 0 saturated heterocycles. The summed E-state index contributed by atoms with van der Waals surface area (Å²) in [6, 6.07) is 4.12. The van der Waals surface area contributed by atoms with Crippen LogP contribution in [0.5, 0.6) is 0 Å². The molecule has 1 aromatic rings. The van der Waals surface area contributed by atoms with Crippen molar-refractivity contribution in [2.45, 2.75) is 52.2 Å². The predicted octanol–water partition coefficient (Wildman–Crippen LogP) is 2.71. The maximum Gasteiger partial charge on any atom is 0.319 e. The number of hydrogen-bond acceptors (Lipinski definition) is 5. The standard InChI is InChI=1S/C20H28O5/c1-12-7-13(2)15(14(3)8-12)9-18(21)20(19(22)25-6)10-16(23-4)17(11-20)24-5/h7-8,16-17H,9-11H2,1-6H3. The molecule has 138 valence electrons. The van der Waals surface area contributed by atoms with Gasteiger partial charge in [-0.25, -0.2) is 0 Å². The van der Waals surface area contributed by atoms with E-state index in [1.54, 1.807) is 14.2 Å². The summed E-state index contributed by atoms with van der Waals surface area (Å²) in [5.74, 6) is -0.627. The number of benzene rings is 1. The van der Waals surface area contributed by atoms with E-state index in [2.05, 4.69) is 12.1 Å². The molecule has 0 bridgehead atoms. The van der Waals surface area contributed by atoms with Gasteiger partial charge in [0.1, 0.15) is 5.41 Å². The van der Waals surface area contributed by atoms with E-state index in [1.807, 2.05) is 20.8 Å². The van der Waals surface area contributed by atoms with Crippen LogP contribution >= 0.6 is 0 Å². The largest absolute Gasteiger partial charge is 0.468 e. The van der Waals surface area contributed by atoms with E-state index < -0.39 is 11.4 Å². The lowest BCUT2D eigenvalue weighted by molar-refractivity contribution is -0.158. The minimum atomic E-state index is -1.21. The third-order valence-corrected chi connectivity index (χ3v) is 5.41. The Bertz CT molecular complexity index is 629. The highest BCUT2D eigenvalue weighted by Gasteiger charge is 2.56. The lowest BCUT2D eigenvalue weighted by Crippen LogP contribution is -2.40. The lowest BCUT2D eigenvalue weighted by Gasteiger charge is -2.25. The van der Waals surface area contributed by atoms with Crippen LogP contribution in [-0.2, 0) is 30.2 Å². The van der Waals surface area contributed by atoms with Crippen LogP contribution in [-0.4, -0.2) is 45.3 Å². The fraction of sp³-hybridized carbons (Fsp3) is 0.600. The molecule has 2 rings (SSSR count). The minimum absolute atomic E-state index is 0.129. The molecule has 2 atom stereocenters. The van der Waals surface area contributed by atoms with Gasteiger partial charge in [-0.15, -0.1) is 0 Å². The van der Waals surface area contributed by atoms with Gasteiger partial charge in [-0.1, -0.05) is 17.7 Å². The number of carbonyl (C=O) groups excluding carboxylic acids is 2. The number of esters is 1. The minimum Gasteiger partial charge on any atom is -0.468 e. The number of aryl methyl sites for hydroxylation is 3. The summed E-state index contributed by atoms with van der Waals surface area (Å²) >= 11 is 0. The molecule has 1 aliphatic carbocycles. The fourth-order valence-corrected chi connectivity index (χ4v) is 4.03. The molecule has 5 heteroatoms. The van der Waals surface area contributed by atoms with Gasteiger partial charge in [0.2, 0.25) is 0 Å². The Morgan fingerprint density at radius 2 is 1.48 bits per heavy atom. The molecule has 2 unspecified atom stereocenters. The molecule has 0 aromatic heterocycles. The molecule has 25 heavy (non-hydrogen) atoms. The summed E-state index contributed by atoms with van der Waals surface area (Å²) in [5.41, 5.74) is 3.06. The molecule has 0 amide bonds. The SMILES string of the molecule is COC(=O)C1(C(=O)Cc2c(C)cc(C)cc2C)CC(OC)C(OC)C1. The quantitative estimate of drug-likeness (QED) is 0.584. The molecule has 1 aromatic carbocycles. The fourth-order valence-electron chi connectivity index (χ4n) is 4.03. The first-order valence-electron chi connectivity index (χ1n) is 8.53. The van der Waals surface area contributed by atoms with E-state index in [4.69, 9.17) is 14.2 Å². The van der Waals surface area contributed by atoms with Gasteiger partial charge < -0.3 is 14.2 Å². The average molecular weight is 348 g/mol. The van der Waals surface area contributed by atoms with Crippen LogP contribution in [0.4, 0.5) is 0 Å². The van der Waals surface area contributed by atoms with Crippen LogP contribution in [0.1, 0.15) is 35.1 Å². The molecule has 0 spiro atoms. The summed E-state index contributed by atoms with van der Waals surface area (Å²) in [6.07, 6.45) is 0.191. The van der Waals surface area contributed by atoms with Crippen LogP contribution in [0.2, 0.25) is 0 Å². The zero-order valence-electron chi connectivity index (χ0n) is 16.0. The zero-order valence-corrected chi connectivity index (χ0v) is 16.0. The summed E-state index contributed by atoms with van der Waals surface area (Å²) in [4.78, 5) is 25.8. The van der Waals surface area contributed by atoms with Crippen LogP contribution in [0.3, 0.4) is 0 Å². The van der Waals surface area contributed by atoms with Gasteiger partial charge in [0.25, 0.3) is 0 Å². The molecule has 0 N–H and O–H groups in total. The molecular formula is C20H28O5. The number of rotatable bonds is 6. The first kappa shape index (κ1) is 19.6. The van der Waals surface area contributed by atoms with E-state index >= 15 is 0 Å². The highest BCUT2D eigenvalue weighted by atomic mass is 16.5. The third kappa shape index (κ3) is 3.62. The Morgan fingerprint density at radius 3 is 1.88 bits per heavy atom. The Labute approximate surface area is 149 Å². The zero-order chi connectivity index (χ0) is 18.8. The summed E-state index contributed by atoms with van der Waals surface area (Å²) in [7, 11) is 4.47. The van der Waals surface area contributed by atoms with Crippen LogP contribution in [0.15, 0.2) is 12.1 Å². The first-order chi connectivity index (χ1) is 11.8. The van der Waals surface area contributed by atoms with Crippen LogP contribution in [0.25, 0.3) is 0 Å². The van der Waals surface area contributed by atoms with E-state index in [-0.39, 0.29) is 37.3 Å². The number of hydrogen-bond donors (Lipinski definition) is 0. The number of ether oxygens (including phenoxy) is 3. The van der Waals surface area contributed by atoms with Crippen molar-refractivity contribution in [1.29, 1.82) is 0 Å². The van der Waals surface area contributed by atoms with Crippen molar-refractivity contribution in [1.82, 2.24) is 0 Å². The Kier molecular flexibility index (Phi) is 6.01. The highest BCUT2D eigenvalue weighted by Crippen LogP contribution is 2.43. The number of carbonyl (C=O) groups is 2. The van der Waals surface area contributed by atoms with Gasteiger partial charge in [0.15, 0.2) is 5.78 Å². The van der Waals surface area contributed by atoms with Gasteiger partial charge in [-0.05, 0) is 50.3 Å². The van der Waals surface area contributed by atoms with E-state index in [0.29, 0.717) is 0 Å². The number of Topliss-reactive ketones (excluding diaryl/α,β-unsaturated/α-hetero) is 1. The Hall–Kier alpha value is -1.72. The topological polar surface area (TPSA) is 61.8 Å². The molecule has 0 radical (unpaired) electrons. The van der Waals surface area contributed by atoms with Gasteiger partial charge >= 0.3 is 5.97 Å². The molecule has 0 heterocycles. The molecule has 1 saturated carbocycles. The Morgan fingerprint density at radius 1 is 1.00 bits per heavy atom. The van der Waals surface area contributed by atoms with Gasteiger partial charge in [0.05, 0.1) is 19.3 Å². The molecule has 0 aliphatic heterocycles. The second kappa shape index (κ2) is 7.67. The summed E-state index contributed by atoms with van der Waals surface area (Å²) in [6.45, 7) is 6.03. The molecular weight excluding hydrogens is 320 g/mol. The molecule has 1 aliphatic rings. The molecule has 5 nitrogen and oxygen atoms in total. The monoisotopic (exact) mass is 348 g/mol. The van der Waals surface area contributed by atoms with Crippen molar-refractivity contribution < 1.29 is 23.8 Å². The third-order valence-electron chi connectivity index (χ3n) is 5.41. The normalized spacial score (nSPS) is 25.8. The van der Waals surface area contributed by atoms with Crippen molar-refractivity contribution >= 4 is 11.8 Å². The first-order valence-corrected chi connectivity index (χ1v) is 8.53. The maximum absolute atomic E-state index is 13.2. The predicted molar refractivity (Wildman–Crippen MR) is 94.6 cm³/mol. The van der Waals surface area contributed by atoms with E-state index in [0.717, 1.165) is 22.3 Å². The van der Waals surface area contributed by atoms with Crippen molar-refractivity contribution in [2.75, 3.05) is 21.3 Å². The van der Waals surface area contributed by atoms with Crippen LogP contribution < -0.4 is 0 Å². The maximum atomic E-state index is 13.2. The molecule has 1 fully saturated rings. The highest BCUT2D eigenvalue weighted by molar-refractivity contribution is 6.05. The number of methoxy groups -OCH3 is 3. The van der Waals surface area contributed by atoms with Gasteiger partial charge in [-0.2, -0.15) is 0 Å². The Balaban J connectivity index is 2.37. The average Bonchev–Trinajstić information content (AvgIpc) is 2.97. The summed E-state index contributed by atoms with van der Waals surface area (Å²) in [5, 5.41) is 0. The second-order valence-corrected chi connectivity index (χ2v) is 7.01. The number of ketones is 1. The van der Waals surface area contributed by atoms with Crippen molar-refractivity contribution in [3.8, 4) is 0 Å². The second-order valence-electron chi connectivity index (χ2n) is 7.01. The van der Waals surface area contributed by atoms with Crippen molar-refractivity contribution in [3.05, 3.63) is 34.4 Å². The van der Waals surface area contributed by atoms with Gasteiger partial charge in [0, 0.05) is 20.6 Å². The van der Waals surface area contributed by atoms with E-state index in [1.165, 1.54) is 7.11 Å². The smallest absolute Gasteiger partial charge is 0.319 e. The lowest BCUT2D eigenvalue weighted by atomic mass is 9.78. The van der Waals surface area contributed by atoms with Gasteiger partial charge in [-0.3, -0.25) is 9.59 Å².